The number of nitriles is 1. The van der Waals surface area contributed by atoms with Crippen LogP contribution in [0.5, 0.6) is 0 Å². The molecule has 5 heteroatoms. The fraction of sp³-hybridized carbons (Fsp3) is 0.471. The van der Waals surface area contributed by atoms with Gasteiger partial charge in [-0.15, -0.1) is 6.58 Å². The van der Waals surface area contributed by atoms with E-state index in [0.29, 0.717) is 23.5 Å². The molecule has 1 saturated heterocycles. The van der Waals surface area contributed by atoms with Crippen LogP contribution in [0.2, 0.25) is 0 Å². The largest absolute Gasteiger partial charge is 0.317 e. The molecule has 1 fully saturated rings. The summed E-state index contributed by atoms with van der Waals surface area (Å²) >= 11 is 0. The summed E-state index contributed by atoms with van der Waals surface area (Å²) in [5, 5.41) is 11.4. The molecule has 2 rings (SSSR count). The standard InChI is InChI=1S/C17H22N2O2S/c1-2-17(16-5-3-15(13-18)4-6-16)22(20,21)12-9-14-7-10-19-11-8-14/h2-6,14,17,19H,1,7-12H2. The summed E-state index contributed by atoms with van der Waals surface area (Å²) in [4.78, 5) is 0. The zero-order chi connectivity index (χ0) is 16.0. The minimum Gasteiger partial charge on any atom is -0.317 e. The maximum Gasteiger partial charge on any atom is 0.160 e. The molecule has 0 saturated carbocycles. The van der Waals surface area contributed by atoms with Gasteiger partial charge < -0.3 is 5.32 Å². The Morgan fingerprint density at radius 3 is 2.50 bits per heavy atom. The van der Waals surface area contributed by atoms with Crippen LogP contribution in [-0.4, -0.2) is 27.3 Å². The smallest absolute Gasteiger partial charge is 0.160 e. The van der Waals surface area contributed by atoms with E-state index < -0.39 is 15.1 Å². The van der Waals surface area contributed by atoms with E-state index in [0.717, 1.165) is 25.9 Å². The van der Waals surface area contributed by atoms with E-state index in [1.54, 1.807) is 24.3 Å². The number of benzene rings is 1. The predicted octanol–water partition coefficient (Wildman–Crippen LogP) is 2.59. The van der Waals surface area contributed by atoms with Crippen LogP contribution in [-0.2, 0) is 9.84 Å². The highest BCUT2D eigenvalue weighted by molar-refractivity contribution is 7.91. The van der Waals surface area contributed by atoms with Gasteiger partial charge in [-0.2, -0.15) is 5.26 Å². The molecule has 0 radical (unpaired) electrons. The van der Waals surface area contributed by atoms with E-state index in [4.69, 9.17) is 5.26 Å². The van der Waals surface area contributed by atoms with E-state index >= 15 is 0 Å². The molecule has 0 aliphatic carbocycles. The molecule has 1 unspecified atom stereocenters. The molecule has 22 heavy (non-hydrogen) atoms. The van der Waals surface area contributed by atoms with E-state index in [9.17, 15) is 8.42 Å². The van der Waals surface area contributed by atoms with Gasteiger partial charge in [-0.3, -0.25) is 0 Å². The van der Waals surface area contributed by atoms with Crippen molar-refractivity contribution in [2.24, 2.45) is 5.92 Å². The molecule has 1 aromatic carbocycles. The highest BCUT2D eigenvalue weighted by atomic mass is 32.2. The molecule has 1 aromatic rings. The molecule has 0 aromatic heterocycles. The first kappa shape index (κ1) is 16.7. The van der Waals surface area contributed by atoms with Crippen molar-refractivity contribution >= 4 is 9.84 Å². The van der Waals surface area contributed by atoms with Crippen molar-refractivity contribution in [1.29, 1.82) is 5.26 Å². The zero-order valence-corrected chi connectivity index (χ0v) is 13.5. The second-order valence-corrected chi connectivity index (χ2v) is 7.98. The highest BCUT2D eigenvalue weighted by Crippen LogP contribution is 2.27. The van der Waals surface area contributed by atoms with Crippen molar-refractivity contribution in [1.82, 2.24) is 5.32 Å². The fourth-order valence-corrected chi connectivity index (χ4v) is 4.65. The molecule has 0 bridgehead atoms. The van der Waals surface area contributed by atoms with Gasteiger partial charge in [0, 0.05) is 0 Å². The third-order valence-electron chi connectivity index (χ3n) is 4.24. The average molecular weight is 318 g/mol. The molecule has 0 amide bonds. The molecule has 0 spiro atoms. The molecule has 1 heterocycles. The van der Waals surface area contributed by atoms with Crippen LogP contribution in [0, 0.1) is 17.2 Å². The van der Waals surface area contributed by atoms with Crippen molar-refractivity contribution in [3.05, 3.63) is 48.0 Å². The SMILES string of the molecule is C=CC(c1ccc(C#N)cc1)S(=O)(=O)CCC1CCNCC1. The van der Waals surface area contributed by atoms with Gasteiger partial charge in [0.15, 0.2) is 9.84 Å². The maximum atomic E-state index is 12.6. The number of sulfone groups is 1. The average Bonchev–Trinajstić information content (AvgIpc) is 2.55. The summed E-state index contributed by atoms with van der Waals surface area (Å²) in [6.07, 6.45) is 4.29. The first-order chi connectivity index (χ1) is 10.6. The summed E-state index contributed by atoms with van der Waals surface area (Å²) in [5.41, 5.74) is 1.21. The Kier molecular flexibility index (Phi) is 5.76. The minimum absolute atomic E-state index is 0.189. The summed E-state index contributed by atoms with van der Waals surface area (Å²) < 4.78 is 25.2. The number of rotatable bonds is 6. The molecule has 1 aliphatic heterocycles. The second kappa shape index (κ2) is 7.57. The van der Waals surface area contributed by atoms with Crippen LogP contribution in [0.25, 0.3) is 0 Å². The molecule has 1 N–H and O–H groups in total. The predicted molar refractivity (Wildman–Crippen MR) is 88.1 cm³/mol. The summed E-state index contributed by atoms with van der Waals surface area (Å²) in [7, 11) is -3.27. The first-order valence-electron chi connectivity index (χ1n) is 7.61. The lowest BCUT2D eigenvalue weighted by Gasteiger charge is -2.23. The van der Waals surface area contributed by atoms with E-state index in [1.807, 2.05) is 6.07 Å². The molecule has 1 atom stereocenters. The lowest BCUT2D eigenvalue weighted by molar-refractivity contribution is 0.365. The van der Waals surface area contributed by atoms with Crippen molar-refractivity contribution in [2.45, 2.75) is 24.5 Å². The quantitative estimate of drug-likeness (QED) is 0.819. The lowest BCUT2D eigenvalue weighted by atomic mass is 9.96. The molecular weight excluding hydrogens is 296 g/mol. The molecule has 118 valence electrons. The third-order valence-corrected chi connectivity index (χ3v) is 6.28. The van der Waals surface area contributed by atoms with Crippen molar-refractivity contribution < 1.29 is 8.42 Å². The van der Waals surface area contributed by atoms with Crippen LogP contribution in [0.15, 0.2) is 36.9 Å². The Morgan fingerprint density at radius 2 is 1.95 bits per heavy atom. The van der Waals surface area contributed by atoms with Crippen molar-refractivity contribution in [3.63, 3.8) is 0 Å². The second-order valence-electron chi connectivity index (χ2n) is 5.74. The van der Waals surface area contributed by atoms with Crippen LogP contribution in [0.4, 0.5) is 0 Å². The number of piperidine rings is 1. The number of hydrogen-bond donors (Lipinski definition) is 1. The Bertz CT molecular complexity index is 638. The van der Waals surface area contributed by atoms with Crippen molar-refractivity contribution in [2.75, 3.05) is 18.8 Å². The van der Waals surface area contributed by atoms with E-state index in [1.165, 1.54) is 6.08 Å². The van der Waals surface area contributed by atoms with Crippen LogP contribution in [0.1, 0.15) is 35.6 Å². The van der Waals surface area contributed by atoms with Gasteiger partial charge in [-0.25, -0.2) is 8.42 Å². The maximum absolute atomic E-state index is 12.6. The Balaban J connectivity index is 2.06. The topological polar surface area (TPSA) is 70.0 Å². The van der Waals surface area contributed by atoms with Crippen LogP contribution >= 0.6 is 0 Å². The monoisotopic (exact) mass is 318 g/mol. The van der Waals surface area contributed by atoms with Gasteiger partial charge in [0.05, 0.1) is 17.4 Å². The van der Waals surface area contributed by atoms with Gasteiger partial charge in [0.2, 0.25) is 0 Å². The Morgan fingerprint density at radius 1 is 1.32 bits per heavy atom. The number of hydrogen-bond acceptors (Lipinski definition) is 4. The molecule has 4 nitrogen and oxygen atoms in total. The minimum atomic E-state index is -3.27. The van der Waals surface area contributed by atoms with E-state index in [-0.39, 0.29) is 5.75 Å². The highest BCUT2D eigenvalue weighted by Gasteiger charge is 2.26. The van der Waals surface area contributed by atoms with Crippen LogP contribution < -0.4 is 5.32 Å². The third kappa shape index (κ3) is 4.19. The Labute approximate surface area is 132 Å². The Hall–Kier alpha value is -1.64. The van der Waals surface area contributed by atoms with Crippen molar-refractivity contribution in [3.8, 4) is 6.07 Å². The summed E-state index contributed by atoms with van der Waals surface area (Å²) in [6.45, 7) is 5.64. The molecular formula is C17H22N2O2S. The van der Waals surface area contributed by atoms with Gasteiger partial charge in [-0.05, 0) is 56.0 Å². The van der Waals surface area contributed by atoms with Gasteiger partial charge in [0.1, 0.15) is 5.25 Å². The zero-order valence-electron chi connectivity index (χ0n) is 12.7. The van der Waals surface area contributed by atoms with E-state index in [2.05, 4.69) is 11.9 Å². The molecule has 1 aliphatic rings. The fourth-order valence-electron chi connectivity index (χ4n) is 2.87. The van der Waals surface area contributed by atoms with Gasteiger partial charge >= 0.3 is 0 Å². The normalized spacial score (nSPS) is 17.6. The lowest BCUT2D eigenvalue weighted by Crippen LogP contribution is -2.29. The van der Waals surface area contributed by atoms with Gasteiger partial charge in [-0.1, -0.05) is 18.2 Å². The number of nitrogens with zero attached hydrogens (tertiary/aromatic N) is 1. The van der Waals surface area contributed by atoms with Gasteiger partial charge in [0.25, 0.3) is 0 Å². The summed E-state index contributed by atoms with van der Waals surface area (Å²) in [5.74, 6) is 0.677. The van der Waals surface area contributed by atoms with Crippen LogP contribution in [0.3, 0.4) is 0 Å². The first-order valence-corrected chi connectivity index (χ1v) is 9.33. The summed E-state index contributed by atoms with van der Waals surface area (Å²) in [6, 6.07) is 8.73. The number of nitrogens with one attached hydrogen (secondary N) is 1.